The van der Waals surface area contributed by atoms with Crippen LogP contribution >= 0.6 is 0 Å². The van der Waals surface area contributed by atoms with Gasteiger partial charge in [-0.3, -0.25) is 9.59 Å². The van der Waals surface area contributed by atoms with E-state index in [0.717, 1.165) is 0 Å². The van der Waals surface area contributed by atoms with Gasteiger partial charge in [0.05, 0.1) is 37.6 Å². The molecule has 3 rings (SSSR count). The Balaban J connectivity index is 1.53. The molecule has 0 spiro atoms. The zero-order valence-corrected chi connectivity index (χ0v) is 15.5. The number of nitrogens with one attached hydrogen (secondary N) is 2. The van der Waals surface area contributed by atoms with Crippen LogP contribution in [0.15, 0.2) is 18.2 Å². The third-order valence-corrected chi connectivity index (χ3v) is 6.46. The van der Waals surface area contributed by atoms with Crippen molar-refractivity contribution < 1.29 is 27.5 Å². The molecule has 142 valence electrons. The first-order chi connectivity index (χ1) is 12.3. The van der Waals surface area contributed by atoms with Gasteiger partial charge in [0.2, 0.25) is 11.8 Å². The van der Waals surface area contributed by atoms with Crippen molar-refractivity contribution in [2.45, 2.75) is 18.9 Å². The lowest BCUT2D eigenvalue weighted by atomic mass is 10.2. The molecule has 9 heteroatoms. The van der Waals surface area contributed by atoms with Crippen LogP contribution in [0.1, 0.15) is 12.8 Å². The Labute approximate surface area is 152 Å². The van der Waals surface area contributed by atoms with Crippen molar-refractivity contribution in [1.82, 2.24) is 5.32 Å². The number of carbonyl (C=O) groups excluding carboxylic acids is 2. The molecule has 1 aliphatic carbocycles. The average Bonchev–Trinajstić information content (AvgIpc) is 3.34. The largest absolute Gasteiger partial charge is 0.493 e. The van der Waals surface area contributed by atoms with Crippen molar-refractivity contribution in [3.63, 3.8) is 0 Å². The Morgan fingerprint density at radius 1 is 1.08 bits per heavy atom. The lowest BCUT2D eigenvalue weighted by Gasteiger charge is -2.11. The van der Waals surface area contributed by atoms with Gasteiger partial charge < -0.3 is 20.1 Å². The van der Waals surface area contributed by atoms with E-state index in [1.54, 1.807) is 18.2 Å². The molecule has 3 unspecified atom stereocenters. The molecule has 1 saturated heterocycles. The Bertz CT molecular complexity index is 823. The van der Waals surface area contributed by atoms with Crippen LogP contribution < -0.4 is 20.1 Å². The summed E-state index contributed by atoms with van der Waals surface area (Å²) >= 11 is 0. The van der Waals surface area contributed by atoms with Crippen LogP contribution in [0.2, 0.25) is 0 Å². The van der Waals surface area contributed by atoms with E-state index in [4.69, 9.17) is 9.47 Å². The summed E-state index contributed by atoms with van der Waals surface area (Å²) in [5.74, 6) is -0.158. The highest BCUT2D eigenvalue weighted by Gasteiger charge is 2.48. The van der Waals surface area contributed by atoms with Gasteiger partial charge >= 0.3 is 0 Å². The van der Waals surface area contributed by atoms with Crippen LogP contribution in [0.4, 0.5) is 5.69 Å². The number of rotatable bonds is 6. The van der Waals surface area contributed by atoms with Crippen LogP contribution in [0.25, 0.3) is 0 Å². The Morgan fingerprint density at radius 3 is 2.38 bits per heavy atom. The molecule has 26 heavy (non-hydrogen) atoms. The second-order valence-corrected chi connectivity index (χ2v) is 8.84. The van der Waals surface area contributed by atoms with E-state index in [2.05, 4.69) is 10.6 Å². The molecule has 2 N–H and O–H groups in total. The number of carbonyl (C=O) groups is 2. The van der Waals surface area contributed by atoms with Crippen LogP contribution in [0.3, 0.4) is 0 Å². The number of ether oxygens (including phenoxy) is 2. The minimum absolute atomic E-state index is 0.0199. The first kappa shape index (κ1) is 18.5. The fourth-order valence-corrected chi connectivity index (χ4v) is 4.81. The molecule has 0 aromatic heterocycles. The maximum Gasteiger partial charge on any atom is 0.228 e. The van der Waals surface area contributed by atoms with E-state index in [1.165, 1.54) is 14.2 Å². The predicted octanol–water partition coefficient (Wildman–Crippen LogP) is 0.582. The molecule has 1 aromatic carbocycles. The minimum Gasteiger partial charge on any atom is -0.493 e. The molecule has 1 aromatic rings. The van der Waals surface area contributed by atoms with E-state index < -0.39 is 21.7 Å². The Morgan fingerprint density at radius 2 is 1.77 bits per heavy atom. The molecular weight excluding hydrogens is 360 g/mol. The van der Waals surface area contributed by atoms with Crippen LogP contribution in [0, 0.1) is 11.8 Å². The maximum absolute atomic E-state index is 12.3. The van der Waals surface area contributed by atoms with Gasteiger partial charge in [-0.1, -0.05) is 0 Å². The summed E-state index contributed by atoms with van der Waals surface area (Å²) in [5, 5.41) is 5.51. The van der Waals surface area contributed by atoms with Gasteiger partial charge in [-0.05, 0) is 25.0 Å². The van der Waals surface area contributed by atoms with Crippen molar-refractivity contribution in [3.05, 3.63) is 18.2 Å². The third kappa shape index (κ3) is 4.09. The highest BCUT2D eigenvalue weighted by molar-refractivity contribution is 7.91. The molecule has 8 nitrogen and oxygen atoms in total. The third-order valence-electron chi connectivity index (χ3n) is 4.69. The minimum atomic E-state index is -3.05. The Kier molecular flexibility index (Phi) is 5.08. The first-order valence-corrected chi connectivity index (χ1v) is 10.2. The van der Waals surface area contributed by atoms with Crippen LogP contribution in [0.5, 0.6) is 11.5 Å². The van der Waals surface area contributed by atoms with E-state index in [1.807, 2.05) is 0 Å². The van der Waals surface area contributed by atoms with Crippen molar-refractivity contribution in [3.8, 4) is 11.5 Å². The molecule has 1 aliphatic heterocycles. The average molecular weight is 382 g/mol. The van der Waals surface area contributed by atoms with Crippen LogP contribution in [-0.2, 0) is 19.4 Å². The summed E-state index contributed by atoms with van der Waals surface area (Å²) < 4.78 is 33.2. The lowest BCUT2D eigenvalue weighted by molar-refractivity contribution is -0.125. The molecular formula is C17H22N2O6S. The molecule has 1 saturated carbocycles. The number of amides is 2. The van der Waals surface area contributed by atoms with Gasteiger partial charge in [-0.2, -0.15) is 0 Å². The number of methoxy groups -OCH3 is 2. The van der Waals surface area contributed by atoms with E-state index in [-0.39, 0.29) is 29.4 Å². The normalized spacial score (nSPS) is 26.0. The van der Waals surface area contributed by atoms with Crippen molar-refractivity contribution >= 4 is 27.3 Å². The SMILES string of the molecule is COc1ccc(NC(=O)C2CC2C(=O)NC2CCS(=O)(=O)C2)cc1OC. The van der Waals surface area contributed by atoms with E-state index >= 15 is 0 Å². The Hall–Kier alpha value is -2.29. The second kappa shape index (κ2) is 7.14. The smallest absolute Gasteiger partial charge is 0.228 e. The number of benzene rings is 1. The molecule has 1 heterocycles. The predicted molar refractivity (Wildman–Crippen MR) is 95.0 cm³/mol. The fraction of sp³-hybridized carbons (Fsp3) is 0.529. The lowest BCUT2D eigenvalue weighted by Crippen LogP contribution is -2.37. The highest BCUT2D eigenvalue weighted by atomic mass is 32.2. The van der Waals surface area contributed by atoms with Gasteiger partial charge in [-0.15, -0.1) is 0 Å². The zero-order chi connectivity index (χ0) is 18.9. The molecule has 2 fully saturated rings. The molecule has 3 atom stereocenters. The summed E-state index contributed by atoms with van der Waals surface area (Å²) in [5.41, 5.74) is 0.556. The number of hydrogen-bond donors (Lipinski definition) is 2. The monoisotopic (exact) mass is 382 g/mol. The zero-order valence-electron chi connectivity index (χ0n) is 14.7. The van der Waals surface area contributed by atoms with Gasteiger partial charge in [0.25, 0.3) is 0 Å². The first-order valence-electron chi connectivity index (χ1n) is 8.36. The highest BCUT2D eigenvalue weighted by Crippen LogP contribution is 2.40. The standard InChI is InChI=1S/C17H22N2O6S/c1-24-14-4-3-10(7-15(14)25-2)18-16(20)12-8-13(12)17(21)19-11-5-6-26(22,23)9-11/h3-4,7,11-13H,5-6,8-9H2,1-2H3,(H,18,20)(H,19,21). The summed E-state index contributed by atoms with van der Waals surface area (Å²) in [4.78, 5) is 24.5. The van der Waals surface area contributed by atoms with Gasteiger partial charge in [0.15, 0.2) is 21.3 Å². The summed E-state index contributed by atoms with van der Waals surface area (Å²) in [6, 6.07) is 4.69. The summed E-state index contributed by atoms with van der Waals surface area (Å²) in [6.45, 7) is 0. The number of hydrogen-bond acceptors (Lipinski definition) is 6. The molecule has 0 bridgehead atoms. The quantitative estimate of drug-likeness (QED) is 0.745. The molecule has 2 amide bonds. The van der Waals surface area contributed by atoms with E-state index in [9.17, 15) is 18.0 Å². The van der Waals surface area contributed by atoms with Crippen molar-refractivity contribution in [2.24, 2.45) is 11.8 Å². The fourth-order valence-electron chi connectivity index (χ4n) is 3.14. The molecule has 0 radical (unpaired) electrons. The summed E-state index contributed by atoms with van der Waals surface area (Å²) in [7, 11) is -0.0107. The van der Waals surface area contributed by atoms with Gasteiger partial charge in [0, 0.05) is 17.8 Å². The van der Waals surface area contributed by atoms with Gasteiger partial charge in [-0.25, -0.2) is 8.42 Å². The second-order valence-electron chi connectivity index (χ2n) is 6.62. The van der Waals surface area contributed by atoms with Crippen LogP contribution in [-0.4, -0.2) is 52.0 Å². The van der Waals surface area contributed by atoms with Crippen molar-refractivity contribution in [1.29, 1.82) is 0 Å². The number of anilines is 1. The van der Waals surface area contributed by atoms with Gasteiger partial charge in [0.1, 0.15) is 0 Å². The molecule has 2 aliphatic rings. The summed E-state index contributed by atoms with van der Waals surface area (Å²) in [6.07, 6.45) is 0.897. The number of sulfone groups is 1. The maximum atomic E-state index is 12.3. The topological polar surface area (TPSA) is 111 Å². The van der Waals surface area contributed by atoms with Crippen molar-refractivity contribution in [2.75, 3.05) is 31.0 Å². The van der Waals surface area contributed by atoms with E-state index in [0.29, 0.717) is 30.0 Å².